The van der Waals surface area contributed by atoms with Gasteiger partial charge in [-0.05, 0) is 12.0 Å². The van der Waals surface area contributed by atoms with E-state index in [2.05, 4.69) is 38.1 Å². The monoisotopic (exact) mass is 154 g/mol. The molecular formula is C10H20N+. The van der Waals surface area contributed by atoms with Gasteiger partial charge in [0.1, 0.15) is 13.3 Å². The minimum atomic E-state index is 0.379. The van der Waals surface area contributed by atoms with Crippen molar-refractivity contribution >= 4 is 6.21 Å². The highest BCUT2D eigenvalue weighted by molar-refractivity contribution is 5.52. The van der Waals surface area contributed by atoms with E-state index >= 15 is 0 Å². The van der Waals surface area contributed by atoms with Crippen molar-refractivity contribution in [2.24, 2.45) is 5.41 Å². The van der Waals surface area contributed by atoms with Gasteiger partial charge in [-0.25, -0.2) is 4.58 Å². The topological polar surface area (TPSA) is 3.01 Å². The Kier molecular flexibility index (Phi) is 3.50. The van der Waals surface area contributed by atoms with Crippen molar-refractivity contribution in [1.29, 1.82) is 0 Å². The zero-order valence-corrected chi connectivity index (χ0v) is 8.44. The average Bonchev–Trinajstić information content (AvgIpc) is 1.80. The fourth-order valence-corrected chi connectivity index (χ4v) is 0.567. The highest BCUT2D eigenvalue weighted by atomic mass is 15.0. The molecule has 1 heteroatoms. The minimum absolute atomic E-state index is 0.379. The highest BCUT2D eigenvalue weighted by Crippen LogP contribution is 2.16. The van der Waals surface area contributed by atoms with Crippen molar-refractivity contribution < 1.29 is 4.58 Å². The standard InChI is InChI=1S/C10H20N/c1-9(2)11(6)8-7-10(3,4)5/h8H,1,7H2,2-6H3/q+1. The van der Waals surface area contributed by atoms with Gasteiger partial charge in [0.15, 0.2) is 5.70 Å². The van der Waals surface area contributed by atoms with Gasteiger partial charge in [0.05, 0.1) is 0 Å². The van der Waals surface area contributed by atoms with Gasteiger partial charge < -0.3 is 0 Å². The van der Waals surface area contributed by atoms with E-state index in [4.69, 9.17) is 0 Å². The van der Waals surface area contributed by atoms with Crippen molar-refractivity contribution in [3.8, 4) is 0 Å². The smallest absolute Gasteiger partial charge is 0.170 e. The third kappa shape index (κ3) is 5.84. The summed E-state index contributed by atoms with van der Waals surface area (Å²) >= 11 is 0. The molecule has 0 amide bonds. The second kappa shape index (κ2) is 3.70. The first kappa shape index (κ1) is 10.4. The number of allylic oxidation sites excluding steroid dienone is 1. The molecule has 0 unspecified atom stereocenters. The van der Waals surface area contributed by atoms with Crippen LogP contribution in [0.4, 0.5) is 0 Å². The van der Waals surface area contributed by atoms with E-state index in [0.29, 0.717) is 5.41 Å². The number of nitrogens with zero attached hydrogens (tertiary/aromatic N) is 1. The summed E-state index contributed by atoms with van der Waals surface area (Å²) in [5.41, 5.74) is 1.47. The molecule has 0 atom stereocenters. The van der Waals surface area contributed by atoms with E-state index in [-0.39, 0.29) is 0 Å². The van der Waals surface area contributed by atoms with Crippen LogP contribution in [0.5, 0.6) is 0 Å². The van der Waals surface area contributed by atoms with Crippen LogP contribution in [-0.2, 0) is 0 Å². The maximum Gasteiger partial charge on any atom is 0.170 e. The molecule has 0 heterocycles. The van der Waals surface area contributed by atoms with Crippen molar-refractivity contribution in [3.05, 3.63) is 12.3 Å². The Labute approximate surface area is 70.4 Å². The maximum atomic E-state index is 3.85. The molecule has 0 spiro atoms. The van der Waals surface area contributed by atoms with Crippen LogP contribution in [0.3, 0.4) is 0 Å². The fraction of sp³-hybridized carbons (Fsp3) is 0.700. The molecule has 64 valence electrons. The molecule has 0 saturated carbocycles. The number of hydrogen-bond acceptors (Lipinski definition) is 0. The van der Waals surface area contributed by atoms with E-state index in [9.17, 15) is 0 Å². The van der Waals surface area contributed by atoms with Crippen molar-refractivity contribution in [3.63, 3.8) is 0 Å². The lowest BCUT2D eigenvalue weighted by Gasteiger charge is -2.12. The lowest BCUT2D eigenvalue weighted by atomic mass is 9.93. The van der Waals surface area contributed by atoms with E-state index in [0.717, 1.165) is 12.1 Å². The quantitative estimate of drug-likeness (QED) is 0.425. The van der Waals surface area contributed by atoms with Crippen LogP contribution in [0.25, 0.3) is 0 Å². The molecule has 0 aromatic carbocycles. The molecule has 0 aliphatic heterocycles. The summed E-state index contributed by atoms with van der Waals surface area (Å²) in [6.07, 6.45) is 3.28. The van der Waals surface area contributed by atoms with Gasteiger partial charge in [-0.15, -0.1) is 0 Å². The third-order valence-corrected chi connectivity index (χ3v) is 1.58. The van der Waals surface area contributed by atoms with Gasteiger partial charge in [-0.3, -0.25) is 0 Å². The van der Waals surface area contributed by atoms with Gasteiger partial charge in [0.2, 0.25) is 0 Å². The molecule has 0 fully saturated rings. The van der Waals surface area contributed by atoms with E-state index < -0.39 is 0 Å². The number of rotatable bonds is 2. The lowest BCUT2D eigenvalue weighted by Crippen LogP contribution is -2.11. The molecule has 0 aromatic heterocycles. The minimum Gasteiger partial charge on any atom is -0.210 e. The van der Waals surface area contributed by atoms with Crippen LogP contribution >= 0.6 is 0 Å². The average molecular weight is 154 g/mol. The summed E-state index contributed by atoms with van der Waals surface area (Å²) in [7, 11) is 2.04. The molecule has 0 N–H and O–H groups in total. The molecule has 0 aliphatic carbocycles. The first-order valence-electron chi connectivity index (χ1n) is 4.04. The van der Waals surface area contributed by atoms with Crippen LogP contribution < -0.4 is 0 Å². The molecular weight excluding hydrogens is 134 g/mol. The van der Waals surface area contributed by atoms with Crippen molar-refractivity contribution in [2.45, 2.75) is 34.1 Å². The van der Waals surface area contributed by atoms with Crippen molar-refractivity contribution in [2.75, 3.05) is 7.05 Å². The largest absolute Gasteiger partial charge is 0.210 e. The normalized spacial score (nSPS) is 13.4. The van der Waals surface area contributed by atoms with Crippen LogP contribution in [0.2, 0.25) is 0 Å². The highest BCUT2D eigenvalue weighted by Gasteiger charge is 2.10. The Morgan fingerprint density at radius 3 is 2.18 bits per heavy atom. The predicted molar refractivity (Wildman–Crippen MR) is 51.1 cm³/mol. The Balaban J connectivity index is 4.04. The molecule has 1 nitrogen and oxygen atoms in total. The van der Waals surface area contributed by atoms with Crippen molar-refractivity contribution in [1.82, 2.24) is 0 Å². The van der Waals surface area contributed by atoms with Crippen LogP contribution in [0, 0.1) is 5.41 Å². The second-order valence-electron chi connectivity index (χ2n) is 4.29. The first-order valence-corrected chi connectivity index (χ1v) is 4.04. The molecule has 0 saturated heterocycles. The first-order chi connectivity index (χ1) is 4.83. The predicted octanol–water partition coefficient (Wildman–Crippen LogP) is 2.67. The summed E-state index contributed by atoms with van der Waals surface area (Å²) in [6, 6.07) is 0. The lowest BCUT2D eigenvalue weighted by molar-refractivity contribution is -0.439. The summed E-state index contributed by atoms with van der Waals surface area (Å²) in [6.45, 7) is 12.6. The number of hydrogen-bond donors (Lipinski definition) is 0. The van der Waals surface area contributed by atoms with E-state index in [1.807, 2.05) is 14.0 Å². The van der Waals surface area contributed by atoms with Gasteiger partial charge in [-0.1, -0.05) is 20.8 Å². The zero-order chi connectivity index (χ0) is 9.07. The molecule has 0 aliphatic rings. The van der Waals surface area contributed by atoms with Gasteiger partial charge in [0.25, 0.3) is 0 Å². The molecule has 11 heavy (non-hydrogen) atoms. The third-order valence-electron chi connectivity index (χ3n) is 1.58. The Bertz CT molecular complexity index is 170. The van der Waals surface area contributed by atoms with Crippen LogP contribution in [0.1, 0.15) is 34.1 Å². The fourth-order valence-electron chi connectivity index (χ4n) is 0.567. The maximum absolute atomic E-state index is 3.85. The Morgan fingerprint density at radius 2 is 1.91 bits per heavy atom. The SMILES string of the molecule is C=C(C)[N+](C)=CCC(C)(C)C. The van der Waals surface area contributed by atoms with E-state index in [1.54, 1.807) is 0 Å². The summed E-state index contributed by atoms with van der Waals surface area (Å²) < 4.78 is 2.07. The molecule has 0 rings (SSSR count). The molecule has 0 radical (unpaired) electrons. The second-order valence-corrected chi connectivity index (χ2v) is 4.29. The van der Waals surface area contributed by atoms with Gasteiger partial charge >= 0.3 is 0 Å². The van der Waals surface area contributed by atoms with Crippen LogP contribution in [0.15, 0.2) is 12.3 Å². The van der Waals surface area contributed by atoms with Gasteiger partial charge in [-0.2, -0.15) is 0 Å². The molecule has 0 aromatic rings. The van der Waals surface area contributed by atoms with Gasteiger partial charge in [0, 0.05) is 13.3 Å². The summed E-state index contributed by atoms with van der Waals surface area (Å²) in [5, 5.41) is 0. The Morgan fingerprint density at radius 1 is 1.45 bits per heavy atom. The summed E-state index contributed by atoms with van der Waals surface area (Å²) in [4.78, 5) is 0. The van der Waals surface area contributed by atoms with Crippen LogP contribution in [-0.4, -0.2) is 17.8 Å². The zero-order valence-electron chi connectivity index (χ0n) is 8.44. The molecule has 0 bridgehead atoms. The van der Waals surface area contributed by atoms with E-state index in [1.165, 1.54) is 0 Å². The Hall–Kier alpha value is -0.590. The summed E-state index contributed by atoms with van der Waals surface area (Å²) in [5.74, 6) is 0.